The predicted molar refractivity (Wildman–Crippen MR) is 128 cm³/mol. The highest BCUT2D eigenvalue weighted by Gasteiger charge is 2.75. The number of carbonyl (C=O) groups excluding carboxylic acids is 3. The summed E-state index contributed by atoms with van der Waals surface area (Å²) in [5.74, 6) is -2.14. The minimum Gasteiger partial charge on any atom is -0.394 e. The summed E-state index contributed by atoms with van der Waals surface area (Å²) >= 11 is 0. The van der Waals surface area contributed by atoms with E-state index in [2.05, 4.69) is 6.92 Å². The molecule has 4 aliphatic heterocycles. The number of nitrogens with zero attached hydrogens (tertiary/aromatic N) is 3. The molecule has 4 rings (SSSR count). The standard InChI is InChI=1S/C26H39N3O5/c1-6-10-17(3)28-15-9-12-26-20(23(32)29(18(4)16-30)21(26)24(28)33)19-22(31)27(13-7-2)14-8-11-25(19,5)34-26/h8-9,11-12,17-21,30H,6-7,10,13-16H2,1-5H3/t17?,18-,19-,20+,21?,25+,26+/m1/s1. The van der Waals surface area contributed by atoms with Crippen LogP contribution in [-0.4, -0.2) is 93.1 Å². The van der Waals surface area contributed by atoms with Crippen LogP contribution in [0.15, 0.2) is 24.3 Å². The van der Waals surface area contributed by atoms with Crippen LogP contribution in [0.4, 0.5) is 0 Å². The van der Waals surface area contributed by atoms with Crippen LogP contribution in [0.25, 0.3) is 0 Å². The first-order chi connectivity index (χ1) is 16.2. The Morgan fingerprint density at radius 1 is 1.00 bits per heavy atom. The fraction of sp³-hybridized carbons (Fsp3) is 0.731. The van der Waals surface area contributed by atoms with Gasteiger partial charge in [-0.1, -0.05) is 44.6 Å². The molecule has 1 spiro atoms. The topological polar surface area (TPSA) is 90.4 Å². The van der Waals surface area contributed by atoms with E-state index in [-0.39, 0.29) is 30.4 Å². The third kappa shape index (κ3) is 3.52. The lowest BCUT2D eigenvalue weighted by atomic mass is 9.74. The van der Waals surface area contributed by atoms with Gasteiger partial charge in [-0.25, -0.2) is 0 Å². The van der Waals surface area contributed by atoms with Gasteiger partial charge in [0.25, 0.3) is 0 Å². The number of fused-ring (bicyclic) bond motifs is 2. The van der Waals surface area contributed by atoms with E-state index in [1.165, 1.54) is 4.90 Å². The van der Waals surface area contributed by atoms with Crippen molar-refractivity contribution in [3.8, 4) is 0 Å². The minimum atomic E-state index is -1.26. The average molecular weight is 474 g/mol. The molecule has 34 heavy (non-hydrogen) atoms. The zero-order valence-corrected chi connectivity index (χ0v) is 21.1. The highest BCUT2D eigenvalue weighted by molar-refractivity contribution is 6.00. The summed E-state index contributed by atoms with van der Waals surface area (Å²) in [6, 6.07) is -1.49. The molecular formula is C26H39N3O5. The molecule has 7 atom stereocenters. The maximum atomic E-state index is 14.1. The molecule has 3 amide bonds. The molecule has 0 aliphatic carbocycles. The number of amides is 3. The van der Waals surface area contributed by atoms with Crippen LogP contribution in [0, 0.1) is 11.8 Å². The van der Waals surface area contributed by atoms with Gasteiger partial charge in [0.2, 0.25) is 17.7 Å². The van der Waals surface area contributed by atoms with E-state index in [0.29, 0.717) is 19.6 Å². The molecule has 0 aromatic heterocycles. The molecule has 1 N–H and O–H groups in total. The average Bonchev–Trinajstić information content (AvgIpc) is 3.07. The molecule has 4 aliphatic rings. The summed E-state index contributed by atoms with van der Waals surface area (Å²) in [6.07, 6.45) is 10.2. The van der Waals surface area contributed by atoms with Gasteiger partial charge in [0.1, 0.15) is 11.6 Å². The lowest BCUT2D eigenvalue weighted by Gasteiger charge is -2.40. The van der Waals surface area contributed by atoms with E-state index in [0.717, 1.165) is 19.3 Å². The van der Waals surface area contributed by atoms with E-state index < -0.39 is 35.1 Å². The van der Waals surface area contributed by atoms with Gasteiger partial charge < -0.3 is 24.5 Å². The van der Waals surface area contributed by atoms with Gasteiger partial charge in [-0.3, -0.25) is 14.4 Å². The van der Waals surface area contributed by atoms with Crippen molar-refractivity contribution in [1.29, 1.82) is 0 Å². The maximum Gasteiger partial charge on any atom is 0.249 e. The second-order valence-electron chi connectivity index (χ2n) is 10.5. The summed E-state index contributed by atoms with van der Waals surface area (Å²) < 4.78 is 6.77. The number of rotatable bonds is 7. The molecule has 0 saturated carbocycles. The summed E-state index contributed by atoms with van der Waals surface area (Å²) in [5.41, 5.74) is -2.26. The van der Waals surface area contributed by atoms with Gasteiger partial charge in [0, 0.05) is 25.7 Å². The Hall–Kier alpha value is -2.19. The third-order valence-corrected chi connectivity index (χ3v) is 8.08. The van der Waals surface area contributed by atoms with Gasteiger partial charge in [-0.05, 0) is 33.6 Å². The molecule has 2 saturated heterocycles. The Labute approximate surface area is 202 Å². The zero-order chi connectivity index (χ0) is 24.8. The number of hydrogen-bond donors (Lipinski definition) is 1. The number of ether oxygens (including phenoxy) is 1. The predicted octanol–water partition coefficient (Wildman–Crippen LogP) is 1.73. The first-order valence-corrected chi connectivity index (χ1v) is 12.7. The Morgan fingerprint density at radius 2 is 1.71 bits per heavy atom. The number of hydrogen-bond acceptors (Lipinski definition) is 5. The summed E-state index contributed by atoms with van der Waals surface area (Å²) in [5, 5.41) is 10.0. The lowest BCUT2D eigenvalue weighted by Crippen LogP contribution is -2.59. The van der Waals surface area contributed by atoms with E-state index in [1.54, 1.807) is 11.8 Å². The van der Waals surface area contributed by atoms with Crippen LogP contribution < -0.4 is 0 Å². The zero-order valence-electron chi connectivity index (χ0n) is 21.1. The summed E-state index contributed by atoms with van der Waals surface area (Å²) in [7, 11) is 0. The fourth-order valence-corrected chi connectivity index (χ4v) is 6.53. The van der Waals surface area contributed by atoms with Gasteiger partial charge in [-0.2, -0.15) is 0 Å². The first-order valence-electron chi connectivity index (χ1n) is 12.7. The number of aliphatic hydroxyl groups is 1. The van der Waals surface area contributed by atoms with E-state index in [4.69, 9.17) is 4.74 Å². The molecule has 0 radical (unpaired) electrons. The number of carbonyl (C=O) groups is 3. The molecule has 2 unspecified atom stereocenters. The van der Waals surface area contributed by atoms with Crippen molar-refractivity contribution < 1.29 is 24.2 Å². The van der Waals surface area contributed by atoms with Crippen LogP contribution in [-0.2, 0) is 19.1 Å². The molecular weight excluding hydrogens is 434 g/mol. The summed E-state index contributed by atoms with van der Waals surface area (Å²) in [4.78, 5) is 47.1. The Kier molecular flexibility index (Phi) is 6.68. The van der Waals surface area contributed by atoms with Crippen LogP contribution in [0.3, 0.4) is 0 Å². The van der Waals surface area contributed by atoms with Crippen molar-refractivity contribution in [3.05, 3.63) is 24.3 Å². The largest absolute Gasteiger partial charge is 0.394 e. The molecule has 2 fully saturated rings. The lowest BCUT2D eigenvalue weighted by molar-refractivity contribution is -0.156. The van der Waals surface area contributed by atoms with Gasteiger partial charge in [0.15, 0.2) is 0 Å². The van der Waals surface area contributed by atoms with E-state index in [1.807, 2.05) is 50.0 Å². The fourth-order valence-electron chi connectivity index (χ4n) is 6.53. The van der Waals surface area contributed by atoms with Crippen molar-refractivity contribution in [2.75, 3.05) is 26.2 Å². The smallest absolute Gasteiger partial charge is 0.249 e. The maximum absolute atomic E-state index is 14.1. The SMILES string of the molecule is CCCC(C)N1CC=C[C@]23O[C@@]4(C)C=CCN(CCC)C(=O)[C@H]4[C@H]2C(=O)N([C@H](C)CO)C3C1=O. The number of aliphatic hydroxyl groups excluding tert-OH is 1. The van der Waals surface area contributed by atoms with Crippen LogP contribution in [0.1, 0.15) is 53.9 Å². The Balaban J connectivity index is 1.86. The van der Waals surface area contributed by atoms with Crippen molar-refractivity contribution in [1.82, 2.24) is 14.7 Å². The molecule has 8 heteroatoms. The highest BCUT2D eigenvalue weighted by Crippen LogP contribution is 2.57. The molecule has 4 heterocycles. The second-order valence-corrected chi connectivity index (χ2v) is 10.5. The van der Waals surface area contributed by atoms with Crippen LogP contribution in [0.2, 0.25) is 0 Å². The molecule has 188 valence electrons. The third-order valence-electron chi connectivity index (χ3n) is 8.08. The van der Waals surface area contributed by atoms with Gasteiger partial charge in [-0.15, -0.1) is 0 Å². The normalized spacial score (nSPS) is 36.8. The molecule has 0 aromatic carbocycles. The molecule has 0 aromatic rings. The van der Waals surface area contributed by atoms with E-state index in [9.17, 15) is 19.5 Å². The monoisotopic (exact) mass is 473 g/mol. The Morgan fingerprint density at radius 3 is 2.35 bits per heavy atom. The van der Waals surface area contributed by atoms with E-state index >= 15 is 0 Å². The van der Waals surface area contributed by atoms with Crippen LogP contribution in [0.5, 0.6) is 0 Å². The number of likely N-dealkylation sites (tertiary alicyclic amines) is 1. The van der Waals surface area contributed by atoms with Gasteiger partial charge in [0.05, 0.1) is 30.1 Å². The Bertz CT molecular complexity index is 903. The second kappa shape index (κ2) is 9.11. The van der Waals surface area contributed by atoms with Crippen molar-refractivity contribution in [3.63, 3.8) is 0 Å². The molecule has 8 nitrogen and oxygen atoms in total. The van der Waals surface area contributed by atoms with Crippen LogP contribution >= 0.6 is 0 Å². The van der Waals surface area contributed by atoms with Gasteiger partial charge >= 0.3 is 0 Å². The first kappa shape index (κ1) is 24.9. The summed E-state index contributed by atoms with van der Waals surface area (Å²) in [6.45, 7) is 11.0. The minimum absolute atomic E-state index is 0.00164. The molecule has 0 bridgehead atoms. The van der Waals surface area contributed by atoms with Crippen molar-refractivity contribution >= 4 is 17.7 Å². The van der Waals surface area contributed by atoms with Crippen molar-refractivity contribution in [2.24, 2.45) is 11.8 Å². The quantitative estimate of drug-likeness (QED) is 0.569. The van der Waals surface area contributed by atoms with Crippen molar-refractivity contribution in [2.45, 2.75) is 83.2 Å². The highest BCUT2D eigenvalue weighted by atomic mass is 16.5.